The van der Waals surface area contributed by atoms with E-state index in [4.69, 9.17) is 4.74 Å². The average Bonchev–Trinajstić information content (AvgIpc) is 3.23. The van der Waals surface area contributed by atoms with Gasteiger partial charge in [0.05, 0.1) is 23.9 Å². The van der Waals surface area contributed by atoms with Gasteiger partial charge < -0.3 is 9.30 Å². The van der Waals surface area contributed by atoms with E-state index < -0.39 is 0 Å². The summed E-state index contributed by atoms with van der Waals surface area (Å²) in [5, 5.41) is 4.54. The first-order valence-electron chi connectivity index (χ1n) is 9.25. The van der Waals surface area contributed by atoms with Crippen LogP contribution in [0.3, 0.4) is 0 Å². The lowest BCUT2D eigenvalue weighted by molar-refractivity contribution is 0.138. The minimum absolute atomic E-state index is 0.110. The molecule has 0 saturated heterocycles. The predicted octanol–water partition coefficient (Wildman–Crippen LogP) is 4.17. The maximum absolute atomic E-state index is 5.99. The van der Waals surface area contributed by atoms with Crippen molar-refractivity contribution in [2.75, 3.05) is 0 Å². The van der Waals surface area contributed by atoms with Crippen molar-refractivity contribution < 1.29 is 4.74 Å². The lowest BCUT2D eigenvalue weighted by Crippen LogP contribution is -2.24. The first kappa shape index (κ1) is 16.9. The fourth-order valence-electron chi connectivity index (χ4n) is 3.80. The number of nitrogens with zero attached hydrogens (tertiary/aromatic N) is 4. The Hall–Kier alpha value is -2.56. The summed E-state index contributed by atoms with van der Waals surface area (Å²) in [4.78, 5) is 4.38. The monoisotopic (exact) mass is 350 g/mol. The third-order valence-electron chi connectivity index (χ3n) is 4.94. The molecule has 3 aromatic rings. The van der Waals surface area contributed by atoms with E-state index in [1.807, 2.05) is 19.4 Å². The molecular formula is C21H26N4O. The third-order valence-corrected chi connectivity index (χ3v) is 4.94. The number of fused-ring (bicyclic) bond motifs is 1. The fraction of sp³-hybridized carbons (Fsp3) is 0.429. The molecular weight excluding hydrogens is 324 g/mol. The van der Waals surface area contributed by atoms with Crippen LogP contribution in [0, 0.1) is 13.8 Å². The molecule has 0 N–H and O–H groups in total. The fourth-order valence-corrected chi connectivity index (χ4v) is 3.80. The van der Waals surface area contributed by atoms with Gasteiger partial charge in [0.2, 0.25) is 0 Å². The van der Waals surface area contributed by atoms with Crippen LogP contribution in [0.4, 0.5) is 0 Å². The topological polar surface area (TPSA) is 44.9 Å². The number of ether oxygens (including phenoxy) is 1. The molecule has 0 aliphatic carbocycles. The molecule has 26 heavy (non-hydrogen) atoms. The predicted molar refractivity (Wildman–Crippen MR) is 102 cm³/mol. The van der Waals surface area contributed by atoms with Crippen molar-refractivity contribution in [1.29, 1.82) is 0 Å². The minimum Gasteiger partial charge on any atom is -0.487 e. The van der Waals surface area contributed by atoms with Crippen LogP contribution < -0.4 is 4.74 Å². The standard InChI is InChI=1S/C21H26N4O/c1-15-10-16(2)25(23-15)9-5-8-24-14-22-13-19(24)17-6-7-20-18(11-17)12-21(3,4)26-20/h6-7,10-11,13-14H,5,8-9,12H2,1-4H3. The molecule has 0 radical (unpaired) electrons. The number of hydrogen-bond acceptors (Lipinski definition) is 3. The highest BCUT2D eigenvalue weighted by Crippen LogP contribution is 2.37. The van der Waals surface area contributed by atoms with Gasteiger partial charge in [-0.15, -0.1) is 0 Å². The quantitative estimate of drug-likeness (QED) is 0.694. The van der Waals surface area contributed by atoms with Crippen molar-refractivity contribution in [3.05, 3.63) is 53.7 Å². The van der Waals surface area contributed by atoms with Crippen molar-refractivity contribution >= 4 is 0 Å². The zero-order valence-corrected chi connectivity index (χ0v) is 16.0. The van der Waals surface area contributed by atoms with Crippen LogP contribution in [0.25, 0.3) is 11.3 Å². The van der Waals surface area contributed by atoms with Gasteiger partial charge in [-0.3, -0.25) is 4.68 Å². The molecule has 4 rings (SSSR count). The van der Waals surface area contributed by atoms with Crippen molar-refractivity contribution in [3.63, 3.8) is 0 Å². The van der Waals surface area contributed by atoms with Crippen molar-refractivity contribution in [2.24, 2.45) is 0 Å². The smallest absolute Gasteiger partial charge is 0.123 e. The Morgan fingerprint density at radius 2 is 2.00 bits per heavy atom. The van der Waals surface area contributed by atoms with E-state index in [0.29, 0.717) is 0 Å². The molecule has 1 aliphatic rings. The van der Waals surface area contributed by atoms with Gasteiger partial charge in [-0.05, 0) is 63.9 Å². The Bertz CT molecular complexity index is 935. The third kappa shape index (κ3) is 3.26. The first-order chi connectivity index (χ1) is 12.4. The first-order valence-corrected chi connectivity index (χ1v) is 9.25. The number of aryl methyl sites for hydroxylation is 4. The van der Waals surface area contributed by atoms with Gasteiger partial charge in [0, 0.05) is 30.8 Å². The summed E-state index contributed by atoms with van der Waals surface area (Å²) in [6.07, 6.45) is 5.84. The van der Waals surface area contributed by atoms with Crippen LogP contribution in [0.1, 0.15) is 37.2 Å². The van der Waals surface area contributed by atoms with Gasteiger partial charge in [-0.1, -0.05) is 0 Å². The van der Waals surface area contributed by atoms with Crippen LogP contribution in [0.15, 0.2) is 36.8 Å². The highest BCUT2D eigenvalue weighted by atomic mass is 16.5. The van der Waals surface area contributed by atoms with Gasteiger partial charge in [-0.25, -0.2) is 4.98 Å². The minimum atomic E-state index is -0.110. The zero-order chi connectivity index (χ0) is 18.3. The lowest BCUT2D eigenvalue weighted by atomic mass is 9.99. The summed E-state index contributed by atoms with van der Waals surface area (Å²) in [6.45, 7) is 10.3. The van der Waals surface area contributed by atoms with Crippen molar-refractivity contribution in [1.82, 2.24) is 19.3 Å². The van der Waals surface area contributed by atoms with E-state index in [0.717, 1.165) is 43.1 Å². The van der Waals surface area contributed by atoms with Gasteiger partial charge in [-0.2, -0.15) is 5.10 Å². The molecule has 0 bridgehead atoms. The SMILES string of the molecule is Cc1cc(C)n(CCCn2cncc2-c2ccc3c(c2)CC(C)(C)O3)n1. The van der Waals surface area contributed by atoms with Crippen molar-refractivity contribution in [3.8, 4) is 17.0 Å². The Kier molecular flexibility index (Phi) is 4.10. The second-order valence-corrected chi connectivity index (χ2v) is 7.84. The number of rotatable bonds is 5. The molecule has 5 heteroatoms. The van der Waals surface area contributed by atoms with Gasteiger partial charge in [0.1, 0.15) is 11.4 Å². The molecule has 0 spiro atoms. The molecule has 5 nitrogen and oxygen atoms in total. The van der Waals surface area contributed by atoms with Crippen molar-refractivity contribution in [2.45, 2.75) is 59.2 Å². The average molecular weight is 350 g/mol. The largest absolute Gasteiger partial charge is 0.487 e. The Balaban J connectivity index is 1.48. The van der Waals surface area contributed by atoms with E-state index in [2.05, 4.69) is 64.4 Å². The van der Waals surface area contributed by atoms with Crippen LogP contribution in [0.5, 0.6) is 5.75 Å². The summed E-state index contributed by atoms with van der Waals surface area (Å²) in [5.74, 6) is 1.01. The van der Waals surface area contributed by atoms with Crippen LogP contribution in [-0.4, -0.2) is 24.9 Å². The number of hydrogen-bond donors (Lipinski definition) is 0. The lowest BCUT2D eigenvalue weighted by Gasteiger charge is -2.16. The molecule has 0 unspecified atom stereocenters. The highest BCUT2D eigenvalue weighted by molar-refractivity contribution is 5.63. The number of imidazole rings is 1. The van der Waals surface area contributed by atoms with Crippen LogP contribution >= 0.6 is 0 Å². The Morgan fingerprint density at radius 1 is 1.15 bits per heavy atom. The second kappa shape index (κ2) is 6.31. The maximum atomic E-state index is 5.99. The molecule has 136 valence electrons. The molecule has 0 atom stereocenters. The molecule has 0 saturated carbocycles. The Morgan fingerprint density at radius 3 is 2.77 bits per heavy atom. The van der Waals surface area contributed by atoms with Crippen LogP contribution in [0.2, 0.25) is 0 Å². The summed E-state index contributed by atoms with van der Waals surface area (Å²) < 4.78 is 10.3. The molecule has 2 aromatic heterocycles. The molecule has 1 aliphatic heterocycles. The molecule has 0 fully saturated rings. The van der Waals surface area contributed by atoms with Crippen LogP contribution in [-0.2, 0) is 19.5 Å². The Labute approximate surface area is 154 Å². The number of aromatic nitrogens is 4. The van der Waals surface area contributed by atoms with Gasteiger partial charge in [0.25, 0.3) is 0 Å². The van der Waals surface area contributed by atoms with E-state index in [1.54, 1.807) is 0 Å². The van der Waals surface area contributed by atoms with E-state index in [1.165, 1.54) is 16.8 Å². The summed E-state index contributed by atoms with van der Waals surface area (Å²) in [6, 6.07) is 8.59. The maximum Gasteiger partial charge on any atom is 0.123 e. The zero-order valence-electron chi connectivity index (χ0n) is 16.0. The number of benzene rings is 1. The van der Waals surface area contributed by atoms with Gasteiger partial charge in [0.15, 0.2) is 0 Å². The van der Waals surface area contributed by atoms with E-state index in [-0.39, 0.29) is 5.60 Å². The van der Waals surface area contributed by atoms with E-state index in [9.17, 15) is 0 Å². The highest BCUT2D eigenvalue weighted by Gasteiger charge is 2.30. The van der Waals surface area contributed by atoms with Gasteiger partial charge >= 0.3 is 0 Å². The summed E-state index contributed by atoms with van der Waals surface area (Å²) in [5.41, 5.74) is 5.83. The van der Waals surface area contributed by atoms with E-state index >= 15 is 0 Å². The second-order valence-electron chi connectivity index (χ2n) is 7.84. The summed E-state index contributed by atoms with van der Waals surface area (Å²) >= 11 is 0. The molecule has 0 amide bonds. The molecule has 1 aromatic carbocycles. The summed E-state index contributed by atoms with van der Waals surface area (Å²) in [7, 11) is 0. The normalized spacial score (nSPS) is 15.1. The molecule has 3 heterocycles.